The van der Waals surface area contributed by atoms with Gasteiger partial charge in [-0.25, -0.2) is 4.39 Å². The van der Waals surface area contributed by atoms with Gasteiger partial charge < -0.3 is 9.80 Å². The van der Waals surface area contributed by atoms with E-state index in [4.69, 9.17) is 11.6 Å². The number of rotatable bonds is 5. The van der Waals surface area contributed by atoms with Gasteiger partial charge in [0, 0.05) is 25.2 Å². The highest BCUT2D eigenvalue weighted by Crippen LogP contribution is 2.20. The molecule has 0 bridgehead atoms. The molecule has 0 saturated carbocycles. The maximum Gasteiger partial charge on any atom is 0.253 e. The smallest absolute Gasteiger partial charge is 0.253 e. The van der Waals surface area contributed by atoms with Crippen LogP contribution in [0.4, 0.5) is 4.39 Å². The number of carbonyl (C=O) groups excluding carboxylic acids is 1. The zero-order valence-corrected chi connectivity index (χ0v) is 14.9. The van der Waals surface area contributed by atoms with Crippen molar-refractivity contribution in [3.8, 4) is 0 Å². The van der Waals surface area contributed by atoms with Gasteiger partial charge in [0.05, 0.1) is 5.02 Å². The fourth-order valence-corrected chi connectivity index (χ4v) is 3.35. The second kappa shape index (κ2) is 8.11. The van der Waals surface area contributed by atoms with E-state index < -0.39 is 5.82 Å². The van der Waals surface area contributed by atoms with E-state index in [1.54, 1.807) is 4.90 Å². The van der Waals surface area contributed by atoms with E-state index in [1.165, 1.54) is 37.5 Å². The molecule has 1 heterocycles. The Balaban J connectivity index is 2.10. The van der Waals surface area contributed by atoms with Gasteiger partial charge in [-0.05, 0) is 50.0 Å². The van der Waals surface area contributed by atoms with Gasteiger partial charge in [-0.15, -0.1) is 0 Å². The van der Waals surface area contributed by atoms with Crippen molar-refractivity contribution in [3.05, 3.63) is 34.6 Å². The number of likely N-dealkylation sites (N-methyl/N-ethyl adjacent to an activating group) is 1. The lowest BCUT2D eigenvalue weighted by Gasteiger charge is -2.37. The highest BCUT2D eigenvalue weighted by molar-refractivity contribution is 6.31. The van der Waals surface area contributed by atoms with Crippen molar-refractivity contribution in [3.63, 3.8) is 0 Å². The maximum absolute atomic E-state index is 13.3. The predicted octanol–water partition coefficient (Wildman–Crippen LogP) is 4.06. The van der Waals surface area contributed by atoms with Crippen molar-refractivity contribution >= 4 is 17.5 Å². The number of hydrogen-bond donors (Lipinski definition) is 0. The van der Waals surface area contributed by atoms with Crippen LogP contribution in [0.2, 0.25) is 5.02 Å². The van der Waals surface area contributed by atoms with Crippen molar-refractivity contribution in [1.29, 1.82) is 0 Å². The standard InChI is InChI=1S/C18H26ClFN2O/c1-13(2)17(12-22-9-5-4-6-10-22)21(3)18(23)14-7-8-16(20)15(19)11-14/h7-8,11,13,17H,4-6,9-10,12H2,1-3H3/t17-/m1/s1. The first-order chi connectivity index (χ1) is 10.9. The second-order valence-corrected chi connectivity index (χ2v) is 7.12. The van der Waals surface area contributed by atoms with Crippen LogP contribution >= 0.6 is 11.6 Å². The topological polar surface area (TPSA) is 23.6 Å². The third-order valence-electron chi connectivity index (χ3n) is 4.65. The summed E-state index contributed by atoms with van der Waals surface area (Å²) in [5.41, 5.74) is 0.434. The summed E-state index contributed by atoms with van der Waals surface area (Å²) < 4.78 is 13.3. The van der Waals surface area contributed by atoms with E-state index in [2.05, 4.69) is 18.7 Å². The molecule has 0 unspecified atom stereocenters. The van der Waals surface area contributed by atoms with Crippen molar-refractivity contribution < 1.29 is 9.18 Å². The van der Waals surface area contributed by atoms with Crippen LogP contribution in [-0.4, -0.2) is 48.4 Å². The van der Waals surface area contributed by atoms with Crippen LogP contribution in [0.1, 0.15) is 43.5 Å². The molecule has 1 fully saturated rings. The molecule has 1 amide bonds. The number of piperidine rings is 1. The average molecular weight is 341 g/mol. The van der Waals surface area contributed by atoms with Crippen LogP contribution in [0.3, 0.4) is 0 Å². The first-order valence-corrected chi connectivity index (χ1v) is 8.72. The molecule has 0 aromatic heterocycles. The summed E-state index contributed by atoms with van der Waals surface area (Å²) in [6.45, 7) is 7.36. The molecule has 0 spiro atoms. The summed E-state index contributed by atoms with van der Waals surface area (Å²) in [5.74, 6) is -0.260. The summed E-state index contributed by atoms with van der Waals surface area (Å²) in [4.78, 5) is 16.9. The molecule has 5 heteroatoms. The quantitative estimate of drug-likeness (QED) is 0.807. The maximum atomic E-state index is 13.3. The number of hydrogen-bond acceptors (Lipinski definition) is 2. The zero-order valence-electron chi connectivity index (χ0n) is 14.2. The minimum Gasteiger partial charge on any atom is -0.337 e. The Morgan fingerprint density at radius 2 is 1.96 bits per heavy atom. The van der Waals surface area contributed by atoms with Crippen LogP contribution in [0.5, 0.6) is 0 Å². The molecule has 1 aromatic carbocycles. The molecule has 1 aromatic rings. The fraction of sp³-hybridized carbons (Fsp3) is 0.611. The predicted molar refractivity (Wildman–Crippen MR) is 92.4 cm³/mol. The van der Waals surface area contributed by atoms with Gasteiger partial charge in [-0.3, -0.25) is 4.79 Å². The SMILES string of the molecule is CC(C)[C@@H](CN1CCCCC1)N(C)C(=O)c1ccc(F)c(Cl)c1. The third kappa shape index (κ3) is 4.67. The molecule has 1 saturated heterocycles. The van der Waals surface area contributed by atoms with E-state index in [-0.39, 0.29) is 17.0 Å². The molecule has 23 heavy (non-hydrogen) atoms. The third-order valence-corrected chi connectivity index (χ3v) is 4.94. The molecule has 1 atom stereocenters. The molecule has 1 aliphatic rings. The number of halogens is 2. The molecule has 1 aliphatic heterocycles. The summed E-state index contributed by atoms with van der Waals surface area (Å²) in [6.07, 6.45) is 3.76. The monoisotopic (exact) mass is 340 g/mol. The Hall–Kier alpha value is -1.13. The largest absolute Gasteiger partial charge is 0.337 e. The van der Waals surface area contributed by atoms with Crippen molar-refractivity contribution in [1.82, 2.24) is 9.80 Å². The molecule has 128 valence electrons. The summed E-state index contributed by atoms with van der Waals surface area (Å²) in [7, 11) is 1.83. The van der Waals surface area contributed by atoms with Gasteiger partial charge in [-0.2, -0.15) is 0 Å². The summed E-state index contributed by atoms with van der Waals surface area (Å²) in [5, 5.41) is -0.0126. The molecule has 0 radical (unpaired) electrons. The minimum absolute atomic E-state index is 0.0126. The highest BCUT2D eigenvalue weighted by Gasteiger charge is 2.27. The fourth-order valence-electron chi connectivity index (χ4n) is 3.17. The minimum atomic E-state index is -0.500. The number of benzene rings is 1. The van der Waals surface area contributed by atoms with Gasteiger partial charge in [0.1, 0.15) is 5.82 Å². The van der Waals surface area contributed by atoms with Gasteiger partial charge >= 0.3 is 0 Å². The lowest BCUT2D eigenvalue weighted by atomic mass is 10.00. The molecular weight excluding hydrogens is 315 g/mol. The number of carbonyl (C=O) groups is 1. The van der Waals surface area contributed by atoms with Crippen molar-refractivity contribution in [2.45, 2.75) is 39.2 Å². The summed E-state index contributed by atoms with van der Waals surface area (Å²) >= 11 is 5.81. The van der Waals surface area contributed by atoms with E-state index in [0.29, 0.717) is 11.5 Å². The van der Waals surface area contributed by atoms with E-state index in [9.17, 15) is 9.18 Å². The molecule has 3 nitrogen and oxygen atoms in total. The van der Waals surface area contributed by atoms with E-state index in [0.717, 1.165) is 19.6 Å². The van der Waals surface area contributed by atoms with Crippen LogP contribution < -0.4 is 0 Å². The molecule has 2 rings (SSSR count). The van der Waals surface area contributed by atoms with E-state index in [1.807, 2.05) is 7.05 Å². The lowest BCUT2D eigenvalue weighted by molar-refractivity contribution is 0.0611. The van der Waals surface area contributed by atoms with Crippen molar-refractivity contribution in [2.24, 2.45) is 5.92 Å². The first-order valence-electron chi connectivity index (χ1n) is 8.34. The van der Waals surface area contributed by atoms with Crippen LogP contribution in [-0.2, 0) is 0 Å². The Morgan fingerprint density at radius 1 is 1.30 bits per heavy atom. The second-order valence-electron chi connectivity index (χ2n) is 6.72. The van der Waals surface area contributed by atoms with Crippen molar-refractivity contribution in [2.75, 3.05) is 26.7 Å². The molecule has 0 N–H and O–H groups in total. The summed E-state index contributed by atoms with van der Waals surface area (Å²) in [6, 6.07) is 4.29. The number of nitrogens with zero attached hydrogens (tertiary/aromatic N) is 2. The Labute approximate surface area is 143 Å². The zero-order chi connectivity index (χ0) is 17.0. The normalized spacial score (nSPS) is 17.3. The lowest BCUT2D eigenvalue weighted by Crippen LogP contribution is -2.48. The average Bonchev–Trinajstić information content (AvgIpc) is 2.54. The Bertz CT molecular complexity index is 544. The number of likely N-dealkylation sites (tertiary alicyclic amines) is 1. The number of amides is 1. The Kier molecular flexibility index (Phi) is 6.42. The molecule has 0 aliphatic carbocycles. The van der Waals surface area contributed by atoms with Gasteiger partial charge in [-0.1, -0.05) is 31.9 Å². The first kappa shape index (κ1) is 18.2. The van der Waals surface area contributed by atoms with Crippen LogP contribution in [0.25, 0.3) is 0 Å². The highest BCUT2D eigenvalue weighted by atomic mass is 35.5. The Morgan fingerprint density at radius 3 is 2.52 bits per heavy atom. The van der Waals surface area contributed by atoms with Crippen LogP contribution in [0.15, 0.2) is 18.2 Å². The molecular formula is C18H26ClFN2O. The van der Waals surface area contributed by atoms with Gasteiger partial charge in [0.15, 0.2) is 0 Å². The van der Waals surface area contributed by atoms with Gasteiger partial charge in [0.25, 0.3) is 5.91 Å². The van der Waals surface area contributed by atoms with Gasteiger partial charge in [0.2, 0.25) is 0 Å². The van der Waals surface area contributed by atoms with E-state index >= 15 is 0 Å². The van der Waals surface area contributed by atoms with Crippen LogP contribution in [0, 0.1) is 11.7 Å².